The van der Waals surface area contributed by atoms with Gasteiger partial charge in [0.1, 0.15) is 5.75 Å². The van der Waals surface area contributed by atoms with Crippen LogP contribution in [0, 0.1) is 0 Å². The standard InChI is InChI=1S/C14H21NO2/c1-2-16-10-12(15)9-11-7-8-17-14-6-4-3-5-13(11)14/h3-6,11-12H,2,7-10,15H2,1H3. The molecule has 0 amide bonds. The van der Waals surface area contributed by atoms with Crippen LogP contribution < -0.4 is 10.5 Å². The average molecular weight is 235 g/mol. The predicted molar refractivity (Wildman–Crippen MR) is 68.4 cm³/mol. The van der Waals surface area contributed by atoms with Crippen molar-refractivity contribution in [3.05, 3.63) is 29.8 Å². The summed E-state index contributed by atoms with van der Waals surface area (Å²) in [7, 11) is 0. The van der Waals surface area contributed by atoms with Crippen molar-refractivity contribution >= 4 is 0 Å². The molecular formula is C14H21NO2. The van der Waals surface area contributed by atoms with Gasteiger partial charge in [0.2, 0.25) is 0 Å². The van der Waals surface area contributed by atoms with Crippen LogP contribution in [0.3, 0.4) is 0 Å². The van der Waals surface area contributed by atoms with Crippen LogP contribution >= 0.6 is 0 Å². The van der Waals surface area contributed by atoms with Gasteiger partial charge < -0.3 is 15.2 Å². The van der Waals surface area contributed by atoms with E-state index in [0.29, 0.717) is 12.5 Å². The van der Waals surface area contributed by atoms with Crippen molar-refractivity contribution in [3.63, 3.8) is 0 Å². The van der Waals surface area contributed by atoms with Gasteiger partial charge in [0.25, 0.3) is 0 Å². The lowest BCUT2D eigenvalue weighted by molar-refractivity contribution is 0.126. The van der Waals surface area contributed by atoms with Gasteiger partial charge in [-0.05, 0) is 37.3 Å². The van der Waals surface area contributed by atoms with Crippen LogP contribution in [-0.2, 0) is 4.74 Å². The Morgan fingerprint density at radius 3 is 3.12 bits per heavy atom. The van der Waals surface area contributed by atoms with Crippen LogP contribution in [0.2, 0.25) is 0 Å². The molecule has 0 radical (unpaired) electrons. The van der Waals surface area contributed by atoms with E-state index < -0.39 is 0 Å². The van der Waals surface area contributed by atoms with Gasteiger partial charge >= 0.3 is 0 Å². The fraction of sp³-hybridized carbons (Fsp3) is 0.571. The molecule has 2 atom stereocenters. The number of nitrogens with two attached hydrogens (primary N) is 1. The summed E-state index contributed by atoms with van der Waals surface area (Å²) in [5, 5.41) is 0. The Labute approximate surface area is 103 Å². The molecule has 0 spiro atoms. The summed E-state index contributed by atoms with van der Waals surface area (Å²) < 4.78 is 11.0. The van der Waals surface area contributed by atoms with Crippen molar-refractivity contribution in [1.29, 1.82) is 0 Å². The van der Waals surface area contributed by atoms with Crippen molar-refractivity contribution in [3.8, 4) is 5.75 Å². The van der Waals surface area contributed by atoms with E-state index in [4.69, 9.17) is 15.2 Å². The monoisotopic (exact) mass is 235 g/mol. The number of rotatable bonds is 5. The summed E-state index contributed by atoms with van der Waals surface area (Å²) in [6.07, 6.45) is 2.03. The molecule has 2 N–H and O–H groups in total. The zero-order valence-electron chi connectivity index (χ0n) is 10.4. The Morgan fingerprint density at radius 1 is 1.47 bits per heavy atom. The molecular weight excluding hydrogens is 214 g/mol. The molecule has 1 aliphatic heterocycles. The summed E-state index contributed by atoms with van der Waals surface area (Å²) in [4.78, 5) is 0. The van der Waals surface area contributed by atoms with Crippen molar-refractivity contribution < 1.29 is 9.47 Å². The van der Waals surface area contributed by atoms with Crippen LogP contribution in [0.1, 0.15) is 31.2 Å². The molecule has 0 fully saturated rings. The Morgan fingerprint density at radius 2 is 2.29 bits per heavy atom. The van der Waals surface area contributed by atoms with Gasteiger partial charge in [-0.15, -0.1) is 0 Å². The molecule has 94 valence electrons. The zero-order valence-corrected chi connectivity index (χ0v) is 10.4. The van der Waals surface area contributed by atoms with Crippen molar-refractivity contribution in [1.82, 2.24) is 0 Å². The van der Waals surface area contributed by atoms with Gasteiger partial charge in [-0.25, -0.2) is 0 Å². The number of hydrogen-bond donors (Lipinski definition) is 1. The van der Waals surface area contributed by atoms with Gasteiger partial charge in [0.15, 0.2) is 0 Å². The van der Waals surface area contributed by atoms with Crippen molar-refractivity contribution in [2.45, 2.75) is 31.7 Å². The first-order chi connectivity index (χ1) is 8.31. The van der Waals surface area contributed by atoms with Crippen molar-refractivity contribution in [2.75, 3.05) is 19.8 Å². The fourth-order valence-electron chi connectivity index (χ4n) is 2.36. The number of ether oxygens (including phenoxy) is 2. The van der Waals surface area contributed by atoms with E-state index in [-0.39, 0.29) is 6.04 Å². The lowest BCUT2D eigenvalue weighted by Crippen LogP contribution is -2.30. The summed E-state index contributed by atoms with van der Waals surface area (Å²) in [5.41, 5.74) is 7.38. The van der Waals surface area contributed by atoms with E-state index in [9.17, 15) is 0 Å². The summed E-state index contributed by atoms with van der Waals surface area (Å²) in [6, 6.07) is 8.38. The average Bonchev–Trinajstić information content (AvgIpc) is 2.37. The highest BCUT2D eigenvalue weighted by Gasteiger charge is 2.22. The number of benzene rings is 1. The molecule has 1 aliphatic rings. The number of para-hydroxylation sites is 1. The molecule has 17 heavy (non-hydrogen) atoms. The topological polar surface area (TPSA) is 44.5 Å². The summed E-state index contributed by atoms with van der Waals surface area (Å²) in [6.45, 7) is 4.17. The first kappa shape index (κ1) is 12.4. The minimum Gasteiger partial charge on any atom is -0.493 e. The number of hydrogen-bond acceptors (Lipinski definition) is 3. The maximum Gasteiger partial charge on any atom is 0.122 e. The minimum atomic E-state index is 0.117. The molecule has 0 bridgehead atoms. The third kappa shape index (κ3) is 3.20. The van der Waals surface area contributed by atoms with E-state index in [0.717, 1.165) is 31.8 Å². The molecule has 0 aliphatic carbocycles. The highest BCUT2D eigenvalue weighted by molar-refractivity contribution is 5.37. The third-order valence-corrected chi connectivity index (χ3v) is 3.21. The normalized spacial score (nSPS) is 20.5. The number of fused-ring (bicyclic) bond motifs is 1. The summed E-state index contributed by atoms with van der Waals surface area (Å²) in [5.74, 6) is 1.53. The molecule has 3 heteroatoms. The molecule has 1 aromatic rings. The quantitative estimate of drug-likeness (QED) is 0.851. The second-order valence-corrected chi connectivity index (χ2v) is 4.53. The van der Waals surface area contributed by atoms with E-state index in [1.54, 1.807) is 0 Å². The molecule has 3 nitrogen and oxygen atoms in total. The van der Waals surface area contributed by atoms with Gasteiger partial charge in [-0.1, -0.05) is 18.2 Å². The molecule has 0 saturated heterocycles. The predicted octanol–water partition coefficient (Wildman–Crippen LogP) is 2.31. The molecule has 2 unspecified atom stereocenters. The molecule has 1 heterocycles. The van der Waals surface area contributed by atoms with Crippen LogP contribution in [0.25, 0.3) is 0 Å². The largest absolute Gasteiger partial charge is 0.493 e. The van der Waals surface area contributed by atoms with Gasteiger partial charge in [-0.3, -0.25) is 0 Å². The highest BCUT2D eigenvalue weighted by Crippen LogP contribution is 2.35. The smallest absolute Gasteiger partial charge is 0.122 e. The van der Waals surface area contributed by atoms with E-state index in [2.05, 4.69) is 12.1 Å². The molecule has 2 rings (SSSR count). The Kier molecular flexibility index (Phi) is 4.40. The second-order valence-electron chi connectivity index (χ2n) is 4.53. The lowest BCUT2D eigenvalue weighted by Gasteiger charge is -2.27. The maximum absolute atomic E-state index is 6.08. The maximum atomic E-state index is 6.08. The minimum absolute atomic E-state index is 0.117. The second kappa shape index (κ2) is 6.03. The van der Waals surface area contributed by atoms with Crippen LogP contribution in [-0.4, -0.2) is 25.9 Å². The Balaban J connectivity index is 1.98. The van der Waals surface area contributed by atoms with Gasteiger partial charge in [0.05, 0.1) is 13.2 Å². The molecule has 0 aromatic heterocycles. The van der Waals surface area contributed by atoms with E-state index >= 15 is 0 Å². The van der Waals surface area contributed by atoms with E-state index in [1.165, 1.54) is 5.56 Å². The van der Waals surface area contributed by atoms with Gasteiger partial charge in [-0.2, -0.15) is 0 Å². The molecule has 0 saturated carbocycles. The van der Waals surface area contributed by atoms with Crippen molar-refractivity contribution in [2.24, 2.45) is 5.73 Å². The Bertz CT molecular complexity index is 354. The molecule has 1 aromatic carbocycles. The van der Waals surface area contributed by atoms with Gasteiger partial charge in [0, 0.05) is 12.6 Å². The third-order valence-electron chi connectivity index (χ3n) is 3.21. The fourth-order valence-corrected chi connectivity index (χ4v) is 2.36. The SMILES string of the molecule is CCOCC(N)CC1CCOc2ccccc21. The first-order valence-corrected chi connectivity index (χ1v) is 6.36. The Hall–Kier alpha value is -1.06. The lowest BCUT2D eigenvalue weighted by atomic mass is 9.88. The summed E-state index contributed by atoms with van der Waals surface area (Å²) >= 11 is 0. The zero-order chi connectivity index (χ0) is 12.1. The van der Waals surface area contributed by atoms with Crippen LogP contribution in [0.5, 0.6) is 5.75 Å². The highest BCUT2D eigenvalue weighted by atomic mass is 16.5. The van der Waals surface area contributed by atoms with Crippen LogP contribution in [0.15, 0.2) is 24.3 Å². The van der Waals surface area contributed by atoms with Crippen LogP contribution in [0.4, 0.5) is 0 Å². The first-order valence-electron chi connectivity index (χ1n) is 6.36. The van der Waals surface area contributed by atoms with E-state index in [1.807, 2.05) is 19.1 Å².